The van der Waals surface area contributed by atoms with Crippen LogP contribution in [0.15, 0.2) is 30.6 Å². The smallest absolute Gasteiger partial charge is 0.322 e. The van der Waals surface area contributed by atoms with Crippen molar-refractivity contribution in [3.63, 3.8) is 0 Å². The maximum atomic E-state index is 12.5. The van der Waals surface area contributed by atoms with Crippen LogP contribution in [0.4, 0.5) is 16.4 Å². The van der Waals surface area contributed by atoms with Crippen molar-refractivity contribution in [2.75, 3.05) is 44.0 Å². The highest BCUT2D eigenvalue weighted by molar-refractivity contribution is 5.89. The van der Waals surface area contributed by atoms with Crippen molar-refractivity contribution in [1.29, 1.82) is 0 Å². The van der Waals surface area contributed by atoms with E-state index in [0.29, 0.717) is 31.3 Å². The number of nitrogens with zero attached hydrogens (tertiary/aromatic N) is 5. The molecule has 1 aliphatic heterocycles. The van der Waals surface area contributed by atoms with E-state index in [1.165, 1.54) is 0 Å². The monoisotopic (exact) mass is 342 g/mol. The quantitative estimate of drug-likeness (QED) is 0.916. The van der Waals surface area contributed by atoms with Gasteiger partial charge in [-0.25, -0.2) is 14.8 Å². The molecular formula is C17H22N6O2. The average molecular weight is 342 g/mol. The van der Waals surface area contributed by atoms with Gasteiger partial charge < -0.3 is 19.9 Å². The fourth-order valence-electron chi connectivity index (χ4n) is 2.51. The summed E-state index contributed by atoms with van der Waals surface area (Å²) in [5.74, 6) is 0.619. The van der Waals surface area contributed by atoms with Gasteiger partial charge in [0.15, 0.2) is 0 Å². The molecule has 1 atom stereocenters. The molecule has 0 saturated carbocycles. The summed E-state index contributed by atoms with van der Waals surface area (Å²) in [6, 6.07) is 5.36. The lowest BCUT2D eigenvalue weighted by molar-refractivity contribution is -0.0157. The van der Waals surface area contributed by atoms with Gasteiger partial charge in [-0.2, -0.15) is 0 Å². The molecule has 0 aromatic carbocycles. The number of pyridine rings is 1. The number of anilines is 2. The number of carbonyl (C=O) groups excluding carboxylic acids is 1. The third-order valence-electron chi connectivity index (χ3n) is 3.91. The first kappa shape index (κ1) is 17.1. The molecule has 0 radical (unpaired) electrons. The largest absolute Gasteiger partial charge is 0.368 e. The molecule has 2 amide bonds. The predicted molar refractivity (Wildman–Crippen MR) is 94.6 cm³/mol. The zero-order valence-electron chi connectivity index (χ0n) is 14.6. The van der Waals surface area contributed by atoms with E-state index in [0.717, 1.165) is 11.4 Å². The van der Waals surface area contributed by atoms with Crippen LogP contribution < -0.4 is 10.2 Å². The number of hydrogen-bond acceptors (Lipinski definition) is 6. The molecule has 0 unspecified atom stereocenters. The van der Waals surface area contributed by atoms with E-state index in [2.05, 4.69) is 20.3 Å². The molecule has 0 spiro atoms. The second-order valence-electron chi connectivity index (χ2n) is 6.10. The third kappa shape index (κ3) is 4.21. The van der Waals surface area contributed by atoms with Gasteiger partial charge in [-0.05, 0) is 25.1 Å². The van der Waals surface area contributed by atoms with Crippen LogP contribution in [-0.4, -0.2) is 59.7 Å². The Balaban J connectivity index is 1.67. The van der Waals surface area contributed by atoms with E-state index < -0.39 is 0 Å². The van der Waals surface area contributed by atoms with Gasteiger partial charge in [-0.1, -0.05) is 0 Å². The Hall–Kier alpha value is -2.74. The minimum Gasteiger partial charge on any atom is -0.368 e. The van der Waals surface area contributed by atoms with Gasteiger partial charge >= 0.3 is 6.03 Å². The lowest BCUT2D eigenvalue weighted by Crippen LogP contribution is -2.44. The zero-order chi connectivity index (χ0) is 17.8. The van der Waals surface area contributed by atoms with Crippen LogP contribution in [0.2, 0.25) is 0 Å². The summed E-state index contributed by atoms with van der Waals surface area (Å²) < 4.78 is 5.80. The van der Waals surface area contributed by atoms with Gasteiger partial charge in [0.1, 0.15) is 6.10 Å². The zero-order valence-corrected chi connectivity index (χ0v) is 14.6. The SMILES string of the molecule is Cc1ccc(NC(=O)N2CCO[C@@H](c3ccnc(N(C)C)n3)C2)cn1. The third-order valence-corrected chi connectivity index (χ3v) is 3.91. The van der Waals surface area contributed by atoms with Gasteiger partial charge in [-0.3, -0.25) is 4.98 Å². The first-order valence-corrected chi connectivity index (χ1v) is 8.13. The normalized spacial score (nSPS) is 17.2. The van der Waals surface area contributed by atoms with Gasteiger partial charge in [0.25, 0.3) is 0 Å². The van der Waals surface area contributed by atoms with Crippen LogP contribution in [-0.2, 0) is 4.74 Å². The molecule has 8 heteroatoms. The van der Waals surface area contributed by atoms with E-state index in [1.807, 2.05) is 44.1 Å². The Morgan fingerprint density at radius 2 is 2.16 bits per heavy atom. The summed E-state index contributed by atoms with van der Waals surface area (Å²) in [5, 5.41) is 2.87. The molecule has 2 aromatic rings. The minimum atomic E-state index is -0.266. The number of aromatic nitrogens is 3. The van der Waals surface area contributed by atoms with Gasteiger partial charge in [0.05, 0.1) is 30.7 Å². The summed E-state index contributed by atoms with van der Waals surface area (Å²) in [6.45, 7) is 3.34. The molecule has 0 bridgehead atoms. The molecule has 1 saturated heterocycles. The number of urea groups is 1. The number of amides is 2. The average Bonchev–Trinajstić information content (AvgIpc) is 2.64. The standard InChI is InChI=1S/C17H22N6O2/c1-12-4-5-13(10-19-12)20-17(24)23-8-9-25-15(11-23)14-6-7-18-16(21-14)22(2)3/h4-7,10,15H,8-9,11H2,1-3H3,(H,20,24)/t15-/m1/s1. The van der Waals surface area contributed by atoms with E-state index in [-0.39, 0.29) is 12.1 Å². The van der Waals surface area contributed by atoms with Crippen molar-refractivity contribution < 1.29 is 9.53 Å². The molecule has 8 nitrogen and oxygen atoms in total. The fraction of sp³-hybridized carbons (Fsp3) is 0.412. The molecule has 3 rings (SSSR count). The summed E-state index contributed by atoms with van der Waals surface area (Å²) in [4.78, 5) is 29.0. The van der Waals surface area contributed by atoms with Gasteiger partial charge in [0, 0.05) is 32.5 Å². The number of ether oxygens (including phenoxy) is 1. The highest BCUT2D eigenvalue weighted by Crippen LogP contribution is 2.22. The molecule has 1 fully saturated rings. The summed E-state index contributed by atoms with van der Waals surface area (Å²) >= 11 is 0. The van der Waals surface area contributed by atoms with Crippen molar-refractivity contribution in [2.45, 2.75) is 13.0 Å². The Morgan fingerprint density at radius 1 is 1.32 bits per heavy atom. The summed E-state index contributed by atoms with van der Waals surface area (Å²) in [7, 11) is 3.77. The minimum absolute atomic E-state index is 0.166. The van der Waals surface area contributed by atoms with Crippen molar-refractivity contribution >= 4 is 17.7 Å². The molecule has 1 aliphatic rings. The van der Waals surface area contributed by atoms with Crippen molar-refractivity contribution in [3.05, 3.63) is 42.0 Å². The van der Waals surface area contributed by atoms with Gasteiger partial charge in [0.2, 0.25) is 5.95 Å². The van der Waals surface area contributed by atoms with Crippen LogP contribution in [0.25, 0.3) is 0 Å². The van der Waals surface area contributed by atoms with Crippen LogP contribution in [0.5, 0.6) is 0 Å². The second kappa shape index (κ2) is 7.43. The van der Waals surface area contributed by atoms with E-state index in [9.17, 15) is 4.79 Å². The highest BCUT2D eigenvalue weighted by Gasteiger charge is 2.26. The van der Waals surface area contributed by atoms with Crippen LogP contribution in [0.1, 0.15) is 17.5 Å². The van der Waals surface area contributed by atoms with Crippen molar-refractivity contribution in [2.24, 2.45) is 0 Å². The Labute approximate surface area is 146 Å². The first-order valence-electron chi connectivity index (χ1n) is 8.13. The molecule has 3 heterocycles. The van der Waals surface area contributed by atoms with E-state index >= 15 is 0 Å². The van der Waals surface area contributed by atoms with E-state index in [4.69, 9.17) is 4.74 Å². The summed E-state index contributed by atoms with van der Waals surface area (Å²) in [5.41, 5.74) is 2.36. The number of morpholine rings is 1. The second-order valence-corrected chi connectivity index (χ2v) is 6.10. The maximum absolute atomic E-state index is 12.5. The Kier molecular flexibility index (Phi) is 5.08. The number of aryl methyl sites for hydroxylation is 1. The van der Waals surface area contributed by atoms with E-state index in [1.54, 1.807) is 17.3 Å². The number of rotatable bonds is 3. The molecular weight excluding hydrogens is 320 g/mol. The van der Waals surface area contributed by atoms with Crippen LogP contribution in [0, 0.1) is 6.92 Å². The molecule has 1 N–H and O–H groups in total. The first-order chi connectivity index (χ1) is 12.0. The molecule has 0 aliphatic carbocycles. The molecule has 25 heavy (non-hydrogen) atoms. The van der Waals surface area contributed by atoms with Crippen molar-refractivity contribution in [3.8, 4) is 0 Å². The van der Waals surface area contributed by atoms with Crippen LogP contribution in [0.3, 0.4) is 0 Å². The lowest BCUT2D eigenvalue weighted by Gasteiger charge is -2.32. The highest BCUT2D eigenvalue weighted by atomic mass is 16.5. The predicted octanol–water partition coefficient (Wildman–Crippen LogP) is 1.85. The summed E-state index contributed by atoms with van der Waals surface area (Å²) in [6.07, 6.45) is 3.09. The molecule has 132 valence electrons. The van der Waals surface area contributed by atoms with Crippen molar-refractivity contribution in [1.82, 2.24) is 19.9 Å². The molecule has 2 aromatic heterocycles. The van der Waals surface area contributed by atoms with Gasteiger partial charge in [-0.15, -0.1) is 0 Å². The number of carbonyl (C=O) groups is 1. The number of nitrogens with one attached hydrogen (secondary N) is 1. The fourth-order valence-corrected chi connectivity index (χ4v) is 2.51. The topological polar surface area (TPSA) is 83.5 Å². The lowest BCUT2D eigenvalue weighted by atomic mass is 10.2. The number of hydrogen-bond donors (Lipinski definition) is 1. The Morgan fingerprint density at radius 3 is 2.88 bits per heavy atom. The maximum Gasteiger partial charge on any atom is 0.322 e. The van der Waals surface area contributed by atoms with Crippen LogP contribution >= 0.6 is 0 Å². The Bertz CT molecular complexity index is 734.